The molecule has 2 N–H and O–H groups in total. The molecule has 0 unspecified atom stereocenters. The third kappa shape index (κ3) is 6.02. The summed E-state index contributed by atoms with van der Waals surface area (Å²) < 4.78 is 0. The van der Waals surface area contributed by atoms with Crippen molar-refractivity contribution >= 4 is 17.8 Å². The second-order valence-corrected chi connectivity index (χ2v) is 6.71. The van der Waals surface area contributed by atoms with Crippen molar-refractivity contribution in [3.63, 3.8) is 0 Å². The number of carbonyl (C=O) groups is 1. The zero-order chi connectivity index (χ0) is 16.7. The monoisotopic (exact) mass is 317 g/mol. The van der Waals surface area contributed by atoms with Gasteiger partial charge in [0.1, 0.15) is 0 Å². The van der Waals surface area contributed by atoms with Crippen molar-refractivity contribution in [2.24, 2.45) is 11.0 Å². The van der Waals surface area contributed by atoms with Crippen molar-refractivity contribution in [1.29, 1.82) is 0 Å². The van der Waals surface area contributed by atoms with Crippen LogP contribution in [0.15, 0.2) is 29.4 Å². The molecule has 1 aliphatic rings. The maximum absolute atomic E-state index is 11.8. The van der Waals surface area contributed by atoms with E-state index >= 15 is 0 Å². The van der Waals surface area contributed by atoms with Crippen LogP contribution in [0.3, 0.4) is 0 Å². The van der Waals surface area contributed by atoms with Gasteiger partial charge in [0, 0.05) is 19.8 Å². The van der Waals surface area contributed by atoms with Gasteiger partial charge in [0.2, 0.25) is 5.91 Å². The van der Waals surface area contributed by atoms with Gasteiger partial charge in [-0.25, -0.2) is 5.43 Å². The number of hydrazone groups is 1. The Morgan fingerprint density at radius 3 is 2.57 bits per heavy atom. The predicted octanol–water partition coefficient (Wildman–Crippen LogP) is 0.908. The standard InChI is InChI=1S/C18H28N4O/c1-15-8-11-22(12-9-15)13-10-18(23)20-19-14-16-4-6-17(7-5-16)21(2)3/h4-7,14-15H,8-13H2,1-3H3,(H,20,23)/p+1/b19-14-. The molecule has 126 valence electrons. The minimum Gasteiger partial charge on any atom is -0.378 e. The average Bonchev–Trinajstić information content (AvgIpc) is 2.55. The molecular weight excluding hydrogens is 288 g/mol. The molecule has 0 saturated carbocycles. The van der Waals surface area contributed by atoms with Gasteiger partial charge in [-0.05, 0) is 36.5 Å². The summed E-state index contributed by atoms with van der Waals surface area (Å²) in [5.41, 5.74) is 4.75. The van der Waals surface area contributed by atoms with Crippen molar-refractivity contribution < 1.29 is 9.69 Å². The van der Waals surface area contributed by atoms with E-state index in [9.17, 15) is 4.79 Å². The summed E-state index contributed by atoms with van der Waals surface area (Å²) in [6.07, 6.45) is 4.78. The molecule has 0 atom stereocenters. The van der Waals surface area contributed by atoms with Gasteiger partial charge in [-0.2, -0.15) is 5.10 Å². The molecule has 1 saturated heterocycles. The number of likely N-dealkylation sites (tertiary alicyclic amines) is 1. The van der Waals surface area contributed by atoms with Crippen LogP contribution in [-0.2, 0) is 4.79 Å². The maximum Gasteiger partial charge on any atom is 0.245 e. The summed E-state index contributed by atoms with van der Waals surface area (Å²) in [6, 6.07) is 8.04. The highest BCUT2D eigenvalue weighted by Gasteiger charge is 2.19. The first-order valence-corrected chi connectivity index (χ1v) is 8.47. The van der Waals surface area contributed by atoms with Gasteiger partial charge in [0.05, 0.1) is 32.3 Å². The summed E-state index contributed by atoms with van der Waals surface area (Å²) in [5.74, 6) is 0.841. The fourth-order valence-electron chi connectivity index (χ4n) is 2.80. The Bertz CT molecular complexity index is 516. The second-order valence-electron chi connectivity index (χ2n) is 6.71. The highest BCUT2D eigenvalue weighted by molar-refractivity contribution is 5.82. The van der Waals surface area contributed by atoms with Gasteiger partial charge in [-0.15, -0.1) is 0 Å². The topological polar surface area (TPSA) is 49.1 Å². The number of nitrogens with zero attached hydrogens (tertiary/aromatic N) is 2. The largest absolute Gasteiger partial charge is 0.378 e. The van der Waals surface area contributed by atoms with Gasteiger partial charge in [0.25, 0.3) is 0 Å². The van der Waals surface area contributed by atoms with E-state index in [2.05, 4.69) is 17.5 Å². The van der Waals surface area contributed by atoms with Gasteiger partial charge >= 0.3 is 0 Å². The van der Waals surface area contributed by atoms with E-state index in [0.29, 0.717) is 6.42 Å². The third-order valence-electron chi connectivity index (χ3n) is 4.50. The molecule has 2 rings (SSSR count). The molecule has 0 aromatic heterocycles. The highest BCUT2D eigenvalue weighted by Crippen LogP contribution is 2.10. The molecule has 1 heterocycles. The van der Waals surface area contributed by atoms with E-state index < -0.39 is 0 Å². The first kappa shape index (κ1) is 17.5. The van der Waals surface area contributed by atoms with E-state index in [4.69, 9.17) is 0 Å². The molecule has 0 spiro atoms. The average molecular weight is 317 g/mol. The van der Waals surface area contributed by atoms with Crippen LogP contribution in [0.2, 0.25) is 0 Å². The van der Waals surface area contributed by atoms with Crippen molar-refractivity contribution in [3.05, 3.63) is 29.8 Å². The molecule has 1 amide bonds. The van der Waals surface area contributed by atoms with E-state index in [-0.39, 0.29) is 5.91 Å². The van der Waals surface area contributed by atoms with Crippen LogP contribution < -0.4 is 15.2 Å². The Balaban J connectivity index is 1.69. The van der Waals surface area contributed by atoms with E-state index in [1.165, 1.54) is 25.9 Å². The fourth-order valence-corrected chi connectivity index (χ4v) is 2.80. The van der Waals surface area contributed by atoms with Gasteiger partial charge < -0.3 is 9.80 Å². The smallest absolute Gasteiger partial charge is 0.245 e. The molecule has 1 aliphatic heterocycles. The van der Waals surface area contributed by atoms with Crippen LogP contribution >= 0.6 is 0 Å². The van der Waals surface area contributed by atoms with Crippen LogP contribution in [0.4, 0.5) is 5.69 Å². The molecular formula is C18H29N4O+. The molecule has 1 aromatic rings. The number of piperidine rings is 1. The fraction of sp³-hybridized carbons (Fsp3) is 0.556. The highest BCUT2D eigenvalue weighted by atomic mass is 16.2. The van der Waals surface area contributed by atoms with Gasteiger partial charge in [0.15, 0.2) is 0 Å². The number of nitrogens with one attached hydrogen (secondary N) is 2. The molecule has 0 aliphatic carbocycles. The number of carbonyl (C=O) groups excluding carboxylic acids is 1. The van der Waals surface area contributed by atoms with Crippen molar-refractivity contribution in [2.45, 2.75) is 26.2 Å². The number of hydrogen-bond acceptors (Lipinski definition) is 3. The SMILES string of the molecule is CC1CC[NH+](CCC(=O)N/N=C\c2ccc(N(C)C)cc2)CC1. The minimum atomic E-state index is -0.00252. The van der Waals surface area contributed by atoms with Gasteiger partial charge in [-0.1, -0.05) is 19.1 Å². The van der Waals surface area contributed by atoms with Crippen molar-refractivity contribution in [3.8, 4) is 0 Å². The number of quaternary nitrogens is 1. The molecule has 23 heavy (non-hydrogen) atoms. The molecule has 0 radical (unpaired) electrons. The first-order chi connectivity index (χ1) is 11.0. The molecule has 5 heteroatoms. The Hall–Kier alpha value is -1.88. The summed E-state index contributed by atoms with van der Waals surface area (Å²) in [6.45, 7) is 5.60. The van der Waals surface area contributed by atoms with E-state index in [1.54, 1.807) is 11.1 Å². The lowest BCUT2D eigenvalue weighted by molar-refractivity contribution is -0.905. The molecule has 0 bridgehead atoms. The summed E-state index contributed by atoms with van der Waals surface area (Å²) in [7, 11) is 4.02. The Morgan fingerprint density at radius 2 is 1.96 bits per heavy atom. The van der Waals surface area contributed by atoms with Crippen molar-refractivity contribution in [2.75, 3.05) is 38.6 Å². The zero-order valence-electron chi connectivity index (χ0n) is 14.5. The Labute approximate surface area is 139 Å². The zero-order valence-corrected chi connectivity index (χ0v) is 14.5. The van der Waals surface area contributed by atoms with E-state index in [1.807, 2.05) is 43.3 Å². The maximum atomic E-state index is 11.8. The summed E-state index contributed by atoms with van der Waals surface area (Å²) >= 11 is 0. The minimum absolute atomic E-state index is 0.00252. The Kier molecular flexibility index (Phi) is 6.59. The summed E-state index contributed by atoms with van der Waals surface area (Å²) in [4.78, 5) is 15.4. The molecule has 1 fully saturated rings. The third-order valence-corrected chi connectivity index (χ3v) is 4.50. The molecule has 1 aromatic carbocycles. The summed E-state index contributed by atoms with van der Waals surface area (Å²) in [5, 5.41) is 4.04. The van der Waals surface area contributed by atoms with Gasteiger partial charge in [-0.3, -0.25) is 4.79 Å². The Morgan fingerprint density at radius 1 is 1.30 bits per heavy atom. The molecule has 5 nitrogen and oxygen atoms in total. The number of amides is 1. The van der Waals surface area contributed by atoms with Crippen LogP contribution in [0.1, 0.15) is 31.7 Å². The lowest BCUT2D eigenvalue weighted by Crippen LogP contribution is -3.13. The van der Waals surface area contributed by atoms with Crippen LogP contribution in [0.25, 0.3) is 0 Å². The quantitative estimate of drug-likeness (QED) is 0.605. The van der Waals surface area contributed by atoms with E-state index in [0.717, 1.165) is 23.7 Å². The van der Waals surface area contributed by atoms with Crippen molar-refractivity contribution in [1.82, 2.24) is 5.43 Å². The van der Waals surface area contributed by atoms with Crippen LogP contribution in [0.5, 0.6) is 0 Å². The lowest BCUT2D eigenvalue weighted by Gasteiger charge is -2.26. The number of rotatable bonds is 6. The predicted molar refractivity (Wildman–Crippen MR) is 95.1 cm³/mol. The first-order valence-electron chi connectivity index (χ1n) is 8.47. The lowest BCUT2D eigenvalue weighted by atomic mass is 9.99. The number of hydrogen-bond donors (Lipinski definition) is 2. The second kappa shape index (κ2) is 8.67. The number of anilines is 1. The normalized spacial score (nSPS) is 21.3. The number of benzene rings is 1. The van der Waals surface area contributed by atoms with Crippen LogP contribution in [0, 0.1) is 5.92 Å². The van der Waals surface area contributed by atoms with Crippen LogP contribution in [-0.4, -0.2) is 45.9 Å².